The molecule has 0 bridgehead atoms. The zero-order valence-electron chi connectivity index (χ0n) is 6.87. The van der Waals surface area contributed by atoms with Gasteiger partial charge < -0.3 is 9.42 Å². The maximum absolute atomic E-state index is 10.2. The van der Waals surface area contributed by atoms with Crippen LogP contribution in [0.4, 0.5) is 0 Å². The van der Waals surface area contributed by atoms with E-state index in [9.17, 15) is 4.57 Å². The first-order valence-corrected chi connectivity index (χ1v) is 5.84. The molecule has 72 valence electrons. The van der Waals surface area contributed by atoms with E-state index in [2.05, 4.69) is 20.5 Å². The number of hydrogen-bond acceptors (Lipinski definition) is 2. The van der Waals surface area contributed by atoms with E-state index < -0.39 is 8.25 Å². The molecule has 0 spiro atoms. The van der Waals surface area contributed by atoms with Crippen LogP contribution < -0.4 is 0 Å². The van der Waals surface area contributed by atoms with E-state index in [-0.39, 0.29) is 6.61 Å². The fourth-order valence-corrected chi connectivity index (χ4v) is 1.45. The molecule has 0 fully saturated rings. The van der Waals surface area contributed by atoms with E-state index in [0.29, 0.717) is 6.42 Å². The lowest BCUT2D eigenvalue weighted by Crippen LogP contribution is -1.92. The lowest BCUT2D eigenvalue weighted by molar-refractivity contribution is 0.285. The van der Waals surface area contributed by atoms with Crippen LogP contribution in [0.3, 0.4) is 0 Å². The molecule has 1 unspecified atom stereocenters. The molecule has 1 N–H and O–H groups in total. The first-order valence-electron chi connectivity index (χ1n) is 3.78. The molecule has 0 amide bonds. The molecule has 0 aliphatic heterocycles. The Morgan fingerprint density at radius 3 is 2.54 bits per heavy atom. The van der Waals surface area contributed by atoms with Crippen molar-refractivity contribution in [2.24, 2.45) is 0 Å². The smallest absolute Gasteiger partial charge is 0.316 e. The van der Waals surface area contributed by atoms with Gasteiger partial charge in [-0.25, -0.2) is 0 Å². The van der Waals surface area contributed by atoms with Gasteiger partial charge in [-0.15, -0.1) is 0 Å². The van der Waals surface area contributed by atoms with Crippen molar-refractivity contribution in [3.63, 3.8) is 0 Å². The van der Waals surface area contributed by atoms with Crippen LogP contribution in [0.2, 0.25) is 0 Å². The van der Waals surface area contributed by atoms with Crippen LogP contribution in [0.5, 0.6) is 0 Å². The van der Waals surface area contributed by atoms with Crippen LogP contribution in [-0.2, 0) is 15.5 Å². The standard InChI is InChI=1S/C8H10BrO3P/c9-8-3-1-7(2-4-8)5-6-12-13(10)11/h1-4,13H,5-6H2,(H,10,11). The number of benzene rings is 1. The van der Waals surface area contributed by atoms with Crippen LogP contribution in [0.25, 0.3) is 0 Å². The van der Waals surface area contributed by atoms with Gasteiger partial charge in [0.2, 0.25) is 0 Å². The van der Waals surface area contributed by atoms with Crippen LogP contribution in [0, 0.1) is 0 Å². The van der Waals surface area contributed by atoms with E-state index >= 15 is 0 Å². The van der Waals surface area contributed by atoms with E-state index in [1.165, 1.54) is 0 Å². The predicted molar refractivity (Wildman–Crippen MR) is 55.0 cm³/mol. The summed E-state index contributed by atoms with van der Waals surface area (Å²) in [6.45, 7) is 0.288. The Morgan fingerprint density at radius 1 is 1.38 bits per heavy atom. The summed E-state index contributed by atoms with van der Waals surface area (Å²) >= 11 is 3.32. The lowest BCUT2D eigenvalue weighted by atomic mass is 10.2. The average molecular weight is 265 g/mol. The molecule has 13 heavy (non-hydrogen) atoms. The van der Waals surface area contributed by atoms with Crippen LogP contribution in [0.15, 0.2) is 28.7 Å². The second kappa shape index (κ2) is 5.55. The summed E-state index contributed by atoms with van der Waals surface area (Å²) in [4.78, 5) is 8.39. The SMILES string of the molecule is O=[PH](O)OCCc1ccc(Br)cc1. The third-order valence-corrected chi connectivity index (χ3v) is 2.51. The number of rotatable bonds is 4. The quantitative estimate of drug-likeness (QED) is 0.850. The Labute approximate surface area is 85.8 Å². The molecule has 3 nitrogen and oxygen atoms in total. The highest BCUT2D eigenvalue weighted by Gasteiger charge is 1.95. The Kier molecular flexibility index (Phi) is 4.67. The highest BCUT2D eigenvalue weighted by Crippen LogP contribution is 2.16. The van der Waals surface area contributed by atoms with Crippen LogP contribution in [0.1, 0.15) is 5.56 Å². The summed E-state index contributed by atoms with van der Waals surface area (Å²) in [7, 11) is -2.77. The second-order valence-electron chi connectivity index (χ2n) is 2.49. The summed E-state index contributed by atoms with van der Waals surface area (Å²) in [5, 5.41) is 0. The maximum atomic E-state index is 10.2. The zero-order valence-corrected chi connectivity index (χ0v) is 9.45. The minimum absolute atomic E-state index is 0.288. The van der Waals surface area contributed by atoms with Gasteiger partial charge >= 0.3 is 8.25 Å². The van der Waals surface area contributed by atoms with E-state index in [0.717, 1.165) is 10.0 Å². The lowest BCUT2D eigenvalue weighted by Gasteiger charge is -2.00. The number of halogens is 1. The summed E-state index contributed by atoms with van der Waals surface area (Å²) in [6, 6.07) is 7.75. The Bertz CT molecular complexity index is 286. The monoisotopic (exact) mass is 264 g/mol. The van der Waals surface area contributed by atoms with E-state index in [1.807, 2.05) is 24.3 Å². The highest BCUT2D eigenvalue weighted by atomic mass is 79.9. The molecule has 0 aliphatic carbocycles. The van der Waals surface area contributed by atoms with Crippen molar-refractivity contribution in [2.45, 2.75) is 6.42 Å². The molecule has 1 aromatic rings. The largest absolute Gasteiger partial charge is 0.326 e. The van der Waals surface area contributed by atoms with Gasteiger partial charge in [0.1, 0.15) is 0 Å². The van der Waals surface area contributed by atoms with Gasteiger partial charge in [-0.1, -0.05) is 28.1 Å². The van der Waals surface area contributed by atoms with E-state index in [1.54, 1.807) is 0 Å². The van der Waals surface area contributed by atoms with Crippen LogP contribution >= 0.6 is 24.2 Å². The summed E-state index contributed by atoms with van der Waals surface area (Å²) in [5.41, 5.74) is 1.09. The molecule has 0 aromatic heterocycles. The van der Waals surface area contributed by atoms with Gasteiger partial charge in [0, 0.05) is 4.47 Å². The predicted octanol–water partition coefficient (Wildman–Crippen LogP) is 2.39. The maximum Gasteiger partial charge on any atom is 0.316 e. The Hall–Kier alpha value is -0.150. The zero-order chi connectivity index (χ0) is 9.68. The van der Waals surface area contributed by atoms with Gasteiger partial charge in [-0.3, -0.25) is 4.57 Å². The molecule has 0 saturated carbocycles. The Balaban J connectivity index is 2.37. The number of hydrogen-bond donors (Lipinski definition) is 1. The van der Waals surface area contributed by atoms with Crippen molar-refractivity contribution >= 4 is 24.2 Å². The second-order valence-corrected chi connectivity index (χ2v) is 4.23. The Morgan fingerprint density at radius 2 is 2.00 bits per heavy atom. The average Bonchev–Trinajstić information content (AvgIpc) is 2.08. The third kappa shape index (κ3) is 4.58. The van der Waals surface area contributed by atoms with Gasteiger partial charge in [0.15, 0.2) is 0 Å². The van der Waals surface area contributed by atoms with Crippen molar-refractivity contribution in [2.75, 3.05) is 6.61 Å². The molecule has 0 heterocycles. The molecule has 1 rings (SSSR count). The fraction of sp³-hybridized carbons (Fsp3) is 0.250. The van der Waals surface area contributed by atoms with Crippen molar-refractivity contribution in [3.8, 4) is 0 Å². The van der Waals surface area contributed by atoms with Crippen molar-refractivity contribution < 1.29 is 14.0 Å². The first-order chi connectivity index (χ1) is 6.18. The minimum Gasteiger partial charge on any atom is -0.326 e. The summed E-state index contributed by atoms with van der Waals surface area (Å²) in [5.74, 6) is 0. The molecular weight excluding hydrogens is 255 g/mol. The van der Waals surface area contributed by atoms with Crippen LogP contribution in [-0.4, -0.2) is 11.5 Å². The molecule has 0 saturated heterocycles. The highest BCUT2D eigenvalue weighted by molar-refractivity contribution is 9.10. The topological polar surface area (TPSA) is 46.5 Å². The minimum atomic E-state index is -2.77. The molecular formula is C8H10BrO3P. The summed E-state index contributed by atoms with van der Waals surface area (Å²) < 4.78 is 15.8. The van der Waals surface area contributed by atoms with Gasteiger partial charge in [0.05, 0.1) is 6.61 Å². The molecule has 1 atom stereocenters. The molecule has 0 aliphatic rings. The first kappa shape index (κ1) is 10.9. The summed E-state index contributed by atoms with van der Waals surface area (Å²) in [6.07, 6.45) is 0.657. The van der Waals surface area contributed by atoms with Gasteiger partial charge in [-0.05, 0) is 24.1 Å². The van der Waals surface area contributed by atoms with Gasteiger partial charge in [-0.2, -0.15) is 0 Å². The fourth-order valence-electron chi connectivity index (χ4n) is 0.907. The molecule has 1 aromatic carbocycles. The van der Waals surface area contributed by atoms with Crippen molar-refractivity contribution in [1.82, 2.24) is 0 Å². The van der Waals surface area contributed by atoms with Crippen molar-refractivity contribution in [3.05, 3.63) is 34.3 Å². The van der Waals surface area contributed by atoms with Gasteiger partial charge in [0.25, 0.3) is 0 Å². The molecule has 5 heteroatoms. The van der Waals surface area contributed by atoms with Crippen molar-refractivity contribution in [1.29, 1.82) is 0 Å². The van der Waals surface area contributed by atoms with E-state index in [4.69, 9.17) is 4.89 Å². The molecule has 0 radical (unpaired) electrons. The normalized spacial score (nSPS) is 12.8. The third-order valence-electron chi connectivity index (χ3n) is 1.53.